The van der Waals surface area contributed by atoms with Gasteiger partial charge >= 0.3 is 0 Å². The maximum atomic E-state index is 13.0. The summed E-state index contributed by atoms with van der Waals surface area (Å²) in [5, 5.41) is 3.60. The van der Waals surface area contributed by atoms with Crippen LogP contribution in [0, 0.1) is 5.82 Å². The molecule has 0 aliphatic carbocycles. The van der Waals surface area contributed by atoms with E-state index in [0.29, 0.717) is 6.54 Å². The Morgan fingerprint density at radius 1 is 1.00 bits per heavy atom. The number of rotatable bonds is 8. The van der Waals surface area contributed by atoms with Crippen molar-refractivity contribution in [1.82, 2.24) is 15.3 Å². The molecule has 172 valence electrons. The third kappa shape index (κ3) is 6.13. The molecule has 3 aromatic rings. The highest BCUT2D eigenvalue weighted by molar-refractivity contribution is 8.00. The first-order chi connectivity index (χ1) is 16.1. The average Bonchev–Trinajstić information content (AvgIpc) is 2.87. The number of benzene rings is 2. The molecule has 33 heavy (non-hydrogen) atoms. The van der Waals surface area contributed by atoms with E-state index in [1.54, 1.807) is 31.6 Å². The van der Waals surface area contributed by atoms with Crippen molar-refractivity contribution in [3.8, 4) is 5.75 Å². The number of methoxy groups -OCH3 is 1. The van der Waals surface area contributed by atoms with Crippen molar-refractivity contribution < 1.29 is 13.9 Å². The van der Waals surface area contributed by atoms with E-state index >= 15 is 0 Å². The Bertz CT molecular complexity index is 1060. The van der Waals surface area contributed by atoms with Gasteiger partial charge in [-0.1, -0.05) is 23.9 Å². The molecule has 9 heteroatoms. The van der Waals surface area contributed by atoms with Gasteiger partial charge in [0, 0.05) is 50.8 Å². The van der Waals surface area contributed by atoms with E-state index < -0.39 is 0 Å². The van der Waals surface area contributed by atoms with Crippen LogP contribution in [0.15, 0.2) is 66.0 Å². The summed E-state index contributed by atoms with van der Waals surface area (Å²) in [5.41, 5.74) is 2.02. The Kier molecular flexibility index (Phi) is 7.62. The van der Waals surface area contributed by atoms with E-state index in [1.807, 2.05) is 12.1 Å². The fourth-order valence-electron chi connectivity index (χ4n) is 3.59. The van der Waals surface area contributed by atoms with Crippen LogP contribution in [-0.4, -0.2) is 54.9 Å². The van der Waals surface area contributed by atoms with Gasteiger partial charge in [-0.3, -0.25) is 4.79 Å². The SMILES string of the molecule is COc1ccc(N2CCN(c3nccnc3SCC(=O)NCc3ccc(F)cc3)CC2)cc1. The van der Waals surface area contributed by atoms with Gasteiger partial charge in [-0.2, -0.15) is 0 Å². The lowest BCUT2D eigenvalue weighted by atomic mass is 10.2. The summed E-state index contributed by atoms with van der Waals surface area (Å²) in [7, 11) is 1.67. The Morgan fingerprint density at radius 2 is 1.67 bits per heavy atom. The predicted molar refractivity (Wildman–Crippen MR) is 128 cm³/mol. The standard InChI is InChI=1S/C24H26FN5O2S/c1-32-21-8-6-20(7-9-21)29-12-14-30(15-13-29)23-24(27-11-10-26-23)33-17-22(31)28-16-18-2-4-19(25)5-3-18/h2-11H,12-17H2,1H3,(H,28,31). The van der Waals surface area contributed by atoms with Crippen molar-refractivity contribution in [3.63, 3.8) is 0 Å². The van der Waals surface area contributed by atoms with Gasteiger partial charge in [-0.25, -0.2) is 14.4 Å². The highest BCUT2D eigenvalue weighted by Crippen LogP contribution is 2.28. The lowest BCUT2D eigenvalue weighted by Crippen LogP contribution is -2.47. The van der Waals surface area contributed by atoms with Gasteiger partial charge in [0.25, 0.3) is 0 Å². The normalized spacial score (nSPS) is 13.6. The molecule has 2 aromatic carbocycles. The number of ether oxygens (including phenoxy) is 1. The number of carbonyl (C=O) groups excluding carboxylic acids is 1. The van der Waals surface area contributed by atoms with Crippen LogP contribution in [0.4, 0.5) is 15.9 Å². The molecule has 1 aromatic heterocycles. The monoisotopic (exact) mass is 467 g/mol. The molecule has 0 atom stereocenters. The molecular weight excluding hydrogens is 441 g/mol. The maximum absolute atomic E-state index is 13.0. The van der Waals surface area contributed by atoms with Crippen LogP contribution in [0.1, 0.15) is 5.56 Å². The van der Waals surface area contributed by atoms with Crippen molar-refractivity contribution in [1.29, 1.82) is 0 Å². The molecule has 2 heterocycles. The second-order valence-electron chi connectivity index (χ2n) is 7.55. The van der Waals surface area contributed by atoms with Gasteiger partial charge in [0.15, 0.2) is 5.82 Å². The minimum atomic E-state index is -0.291. The number of anilines is 2. The van der Waals surface area contributed by atoms with E-state index in [0.717, 1.165) is 48.3 Å². The molecule has 0 radical (unpaired) electrons. The minimum absolute atomic E-state index is 0.106. The summed E-state index contributed by atoms with van der Waals surface area (Å²) in [6.07, 6.45) is 3.33. The number of thioether (sulfide) groups is 1. The van der Waals surface area contributed by atoms with Crippen LogP contribution in [0.2, 0.25) is 0 Å². The summed E-state index contributed by atoms with van der Waals surface area (Å²) >= 11 is 1.37. The average molecular weight is 468 g/mol. The summed E-state index contributed by atoms with van der Waals surface area (Å²) in [6.45, 7) is 3.72. The Morgan fingerprint density at radius 3 is 2.36 bits per heavy atom. The van der Waals surface area contributed by atoms with E-state index in [-0.39, 0.29) is 17.5 Å². The van der Waals surface area contributed by atoms with Crippen LogP contribution in [0.5, 0.6) is 5.75 Å². The number of nitrogens with one attached hydrogen (secondary N) is 1. The molecule has 7 nitrogen and oxygen atoms in total. The van der Waals surface area contributed by atoms with Crippen LogP contribution >= 0.6 is 11.8 Å². The number of nitrogens with zero attached hydrogens (tertiary/aromatic N) is 4. The number of amides is 1. The quantitative estimate of drug-likeness (QED) is 0.510. The van der Waals surface area contributed by atoms with E-state index in [4.69, 9.17) is 4.74 Å². The second-order valence-corrected chi connectivity index (χ2v) is 8.51. The number of halogens is 1. The summed E-state index contributed by atoms with van der Waals surface area (Å²) in [4.78, 5) is 25.9. The van der Waals surface area contributed by atoms with E-state index in [9.17, 15) is 9.18 Å². The molecule has 1 saturated heterocycles. The van der Waals surface area contributed by atoms with Crippen molar-refractivity contribution in [2.24, 2.45) is 0 Å². The third-order valence-corrected chi connectivity index (χ3v) is 6.37. The lowest BCUT2D eigenvalue weighted by Gasteiger charge is -2.37. The summed E-state index contributed by atoms with van der Waals surface area (Å²) < 4.78 is 18.2. The van der Waals surface area contributed by atoms with Gasteiger partial charge in [-0.05, 0) is 42.0 Å². The van der Waals surface area contributed by atoms with Crippen molar-refractivity contribution in [2.45, 2.75) is 11.6 Å². The zero-order valence-electron chi connectivity index (χ0n) is 18.4. The molecule has 1 aliphatic heterocycles. The molecule has 1 aliphatic rings. The van der Waals surface area contributed by atoms with E-state index in [2.05, 4.69) is 37.2 Å². The molecule has 0 bridgehead atoms. The van der Waals surface area contributed by atoms with Gasteiger partial charge in [0.1, 0.15) is 16.6 Å². The molecule has 1 fully saturated rings. The topological polar surface area (TPSA) is 70.6 Å². The molecule has 0 spiro atoms. The molecule has 4 rings (SSSR count). The Labute approximate surface area is 197 Å². The van der Waals surface area contributed by atoms with Gasteiger partial charge in [-0.15, -0.1) is 0 Å². The highest BCUT2D eigenvalue weighted by Gasteiger charge is 2.21. The molecule has 0 saturated carbocycles. The van der Waals surface area contributed by atoms with Crippen LogP contribution < -0.4 is 19.9 Å². The van der Waals surface area contributed by atoms with Crippen molar-refractivity contribution >= 4 is 29.2 Å². The maximum Gasteiger partial charge on any atom is 0.230 e. The lowest BCUT2D eigenvalue weighted by molar-refractivity contribution is -0.118. The largest absolute Gasteiger partial charge is 0.497 e. The summed E-state index contributed by atoms with van der Waals surface area (Å²) in [5.74, 6) is 1.49. The number of piperazine rings is 1. The van der Waals surface area contributed by atoms with E-state index in [1.165, 1.54) is 29.6 Å². The minimum Gasteiger partial charge on any atom is -0.497 e. The fraction of sp³-hybridized carbons (Fsp3) is 0.292. The Balaban J connectivity index is 1.30. The molecular formula is C24H26FN5O2S. The first kappa shape index (κ1) is 22.8. The number of hydrogen-bond donors (Lipinski definition) is 1. The smallest absolute Gasteiger partial charge is 0.230 e. The zero-order chi connectivity index (χ0) is 23.0. The van der Waals surface area contributed by atoms with Gasteiger partial charge < -0.3 is 19.9 Å². The zero-order valence-corrected chi connectivity index (χ0v) is 19.2. The van der Waals surface area contributed by atoms with Crippen molar-refractivity contribution in [3.05, 3.63) is 72.3 Å². The highest BCUT2D eigenvalue weighted by atomic mass is 32.2. The Hall–Kier alpha value is -3.33. The predicted octanol–water partition coefficient (Wildman–Crippen LogP) is 3.36. The molecule has 1 N–H and O–H groups in total. The summed E-state index contributed by atoms with van der Waals surface area (Å²) in [6, 6.07) is 14.2. The van der Waals surface area contributed by atoms with Crippen LogP contribution in [0.25, 0.3) is 0 Å². The molecule has 0 unspecified atom stereocenters. The second kappa shape index (κ2) is 11.0. The van der Waals surface area contributed by atoms with Gasteiger partial charge in [0.2, 0.25) is 5.91 Å². The number of carbonyl (C=O) groups is 1. The fourth-order valence-corrected chi connectivity index (χ4v) is 4.41. The molecule has 1 amide bonds. The van der Waals surface area contributed by atoms with Gasteiger partial charge in [0.05, 0.1) is 12.9 Å². The van der Waals surface area contributed by atoms with Crippen LogP contribution in [-0.2, 0) is 11.3 Å². The first-order valence-electron chi connectivity index (χ1n) is 10.7. The number of hydrogen-bond acceptors (Lipinski definition) is 7. The number of aromatic nitrogens is 2. The first-order valence-corrected chi connectivity index (χ1v) is 11.7. The van der Waals surface area contributed by atoms with Crippen LogP contribution in [0.3, 0.4) is 0 Å². The van der Waals surface area contributed by atoms with Crippen molar-refractivity contribution in [2.75, 3.05) is 48.8 Å². The third-order valence-electron chi connectivity index (χ3n) is 5.41.